The van der Waals surface area contributed by atoms with Gasteiger partial charge in [-0.05, 0) is 28.1 Å². The number of nitrogens with two attached hydrogens (primary N) is 1. The maximum atomic E-state index is 13.1. The quantitative estimate of drug-likeness (QED) is 0.466. The molecule has 1 aromatic rings. The summed E-state index contributed by atoms with van der Waals surface area (Å²) in [6.07, 6.45) is 0. The summed E-state index contributed by atoms with van der Waals surface area (Å²) in [5, 5.41) is 0. The molecule has 0 saturated carbocycles. The van der Waals surface area contributed by atoms with E-state index in [0.29, 0.717) is 0 Å². The molecule has 2 nitrogen and oxygen atoms in total. The van der Waals surface area contributed by atoms with Crippen LogP contribution >= 0.6 is 15.9 Å². The number of halogens is 3. The van der Waals surface area contributed by atoms with E-state index in [-0.39, 0.29) is 16.6 Å². The number of rotatable bonds is 2. The van der Waals surface area contributed by atoms with Gasteiger partial charge in [0.2, 0.25) is 0 Å². The van der Waals surface area contributed by atoms with Crippen LogP contribution in [-0.2, 0) is 6.54 Å². The fourth-order valence-corrected chi connectivity index (χ4v) is 1.20. The van der Waals surface area contributed by atoms with E-state index in [1.807, 2.05) is 0 Å². The zero-order valence-electron chi connectivity index (χ0n) is 6.07. The Hall–Kier alpha value is -0.520. The van der Waals surface area contributed by atoms with Crippen LogP contribution in [0.5, 0.6) is 0 Å². The molecular formula is C7H7BrF2N2. The Labute approximate surface area is 76.9 Å². The van der Waals surface area contributed by atoms with Crippen molar-refractivity contribution in [2.75, 3.05) is 0 Å². The summed E-state index contributed by atoms with van der Waals surface area (Å²) in [5.74, 6) is 3.73. The van der Waals surface area contributed by atoms with Gasteiger partial charge in [0, 0.05) is 12.1 Å². The number of nitrogens with one attached hydrogen (secondary N) is 1. The topological polar surface area (TPSA) is 38.0 Å². The van der Waals surface area contributed by atoms with Gasteiger partial charge in [0.05, 0.1) is 4.47 Å². The Kier molecular flexibility index (Phi) is 3.13. The van der Waals surface area contributed by atoms with Gasteiger partial charge >= 0.3 is 0 Å². The van der Waals surface area contributed by atoms with Crippen LogP contribution in [0.3, 0.4) is 0 Å². The highest BCUT2D eigenvalue weighted by Gasteiger charge is 2.10. The van der Waals surface area contributed by atoms with Crippen LogP contribution in [0.25, 0.3) is 0 Å². The molecule has 0 amide bonds. The molecule has 3 N–H and O–H groups in total. The van der Waals surface area contributed by atoms with Crippen molar-refractivity contribution in [3.05, 3.63) is 33.8 Å². The number of benzene rings is 1. The fourth-order valence-electron chi connectivity index (χ4n) is 0.833. The van der Waals surface area contributed by atoms with Crippen LogP contribution in [0.15, 0.2) is 16.6 Å². The lowest BCUT2D eigenvalue weighted by molar-refractivity contribution is 0.536. The molecule has 0 fully saturated rings. The standard InChI is InChI=1S/C7H7BrF2N2/c8-5-1-2-6(9)4(3-12-11)7(5)10/h1-2,12H,3,11H2. The molecule has 12 heavy (non-hydrogen) atoms. The van der Waals surface area contributed by atoms with Crippen LogP contribution in [0.1, 0.15) is 5.56 Å². The molecule has 0 atom stereocenters. The Balaban J connectivity index is 3.14. The molecule has 0 aliphatic heterocycles. The van der Waals surface area contributed by atoms with Crippen molar-refractivity contribution in [3.63, 3.8) is 0 Å². The van der Waals surface area contributed by atoms with E-state index in [1.165, 1.54) is 12.1 Å². The van der Waals surface area contributed by atoms with Crippen molar-refractivity contribution in [1.82, 2.24) is 5.43 Å². The van der Waals surface area contributed by atoms with Gasteiger partial charge in [-0.3, -0.25) is 11.3 Å². The Bertz CT molecular complexity index is 291. The maximum absolute atomic E-state index is 13.1. The zero-order valence-corrected chi connectivity index (χ0v) is 7.66. The highest BCUT2D eigenvalue weighted by atomic mass is 79.9. The Morgan fingerprint density at radius 2 is 2.08 bits per heavy atom. The Morgan fingerprint density at radius 3 is 2.67 bits per heavy atom. The average molecular weight is 237 g/mol. The number of hydrogen-bond acceptors (Lipinski definition) is 2. The molecule has 0 aromatic heterocycles. The minimum atomic E-state index is -0.618. The highest BCUT2D eigenvalue weighted by Crippen LogP contribution is 2.20. The summed E-state index contributed by atoms with van der Waals surface area (Å²) in [5.41, 5.74) is 2.13. The molecule has 0 radical (unpaired) electrons. The molecule has 1 aromatic carbocycles. The first-order valence-electron chi connectivity index (χ1n) is 3.22. The molecular weight excluding hydrogens is 230 g/mol. The van der Waals surface area contributed by atoms with E-state index in [9.17, 15) is 8.78 Å². The van der Waals surface area contributed by atoms with Crippen molar-refractivity contribution in [2.24, 2.45) is 5.84 Å². The predicted molar refractivity (Wildman–Crippen MR) is 45.1 cm³/mol. The second-order valence-corrected chi connectivity index (χ2v) is 3.06. The first kappa shape index (κ1) is 9.57. The van der Waals surface area contributed by atoms with Gasteiger partial charge < -0.3 is 0 Å². The van der Waals surface area contributed by atoms with Gasteiger partial charge in [-0.15, -0.1) is 0 Å². The molecule has 0 saturated heterocycles. The van der Waals surface area contributed by atoms with E-state index in [2.05, 4.69) is 21.4 Å². The van der Waals surface area contributed by atoms with Crippen molar-refractivity contribution in [1.29, 1.82) is 0 Å². The van der Waals surface area contributed by atoms with Crippen molar-refractivity contribution in [3.8, 4) is 0 Å². The summed E-state index contributed by atoms with van der Waals surface area (Å²) in [6, 6.07) is 2.49. The average Bonchev–Trinajstić information content (AvgIpc) is 2.06. The normalized spacial score (nSPS) is 10.3. The summed E-state index contributed by atoms with van der Waals surface area (Å²) >= 11 is 2.94. The monoisotopic (exact) mass is 236 g/mol. The van der Waals surface area contributed by atoms with Crippen LogP contribution in [0.2, 0.25) is 0 Å². The van der Waals surface area contributed by atoms with Crippen LogP contribution in [-0.4, -0.2) is 0 Å². The lowest BCUT2D eigenvalue weighted by Crippen LogP contribution is -2.22. The molecule has 1 rings (SSSR count). The van der Waals surface area contributed by atoms with Crippen molar-refractivity contribution in [2.45, 2.75) is 6.54 Å². The van der Waals surface area contributed by atoms with Crippen molar-refractivity contribution < 1.29 is 8.78 Å². The van der Waals surface area contributed by atoms with E-state index in [4.69, 9.17) is 5.84 Å². The van der Waals surface area contributed by atoms with Gasteiger partial charge in [0.15, 0.2) is 0 Å². The van der Waals surface area contributed by atoms with E-state index in [1.54, 1.807) is 0 Å². The first-order valence-corrected chi connectivity index (χ1v) is 4.02. The summed E-state index contributed by atoms with van der Waals surface area (Å²) < 4.78 is 26.2. The van der Waals surface area contributed by atoms with Crippen LogP contribution in [0.4, 0.5) is 8.78 Å². The molecule has 0 aliphatic carbocycles. The highest BCUT2D eigenvalue weighted by molar-refractivity contribution is 9.10. The third-order valence-electron chi connectivity index (χ3n) is 1.42. The minimum Gasteiger partial charge on any atom is -0.271 e. The largest absolute Gasteiger partial charge is 0.271 e. The summed E-state index contributed by atoms with van der Waals surface area (Å²) in [6.45, 7) is -0.0306. The molecule has 66 valence electrons. The van der Waals surface area contributed by atoms with E-state index >= 15 is 0 Å². The fraction of sp³-hybridized carbons (Fsp3) is 0.143. The molecule has 0 heterocycles. The predicted octanol–water partition coefficient (Wildman–Crippen LogP) is 1.69. The lowest BCUT2D eigenvalue weighted by Gasteiger charge is -2.04. The summed E-state index contributed by atoms with van der Waals surface area (Å²) in [4.78, 5) is 0. The van der Waals surface area contributed by atoms with Gasteiger partial charge in [0.25, 0.3) is 0 Å². The smallest absolute Gasteiger partial charge is 0.144 e. The molecule has 0 aliphatic rings. The van der Waals surface area contributed by atoms with Gasteiger partial charge in [-0.2, -0.15) is 0 Å². The number of hydrazine groups is 1. The van der Waals surface area contributed by atoms with E-state index < -0.39 is 11.6 Å². The third kappa shape index (κ3) is 1.80. The van der Waals surface area contributed by atoms with Crippen LogP contribution < -0.4 is 11.3 Å². The van der Waals surface area contributed by atoms with Crippen molar-refractivity contribution >= 4 is 15.9 Å². The second-order valence-electron chi connectivity index (χ2n) is 2.20. The molecule has 0 unspecified atom stereocenters. The molecule has 0 bridgehead atoms. The lowest BCUT2D eigenvalue weighted by atomic mass is 10.2. The van der Waals surface area contributed by atoms with Gasteiger partial charge in [0.1, 0.15) is 11.6 Å². The zero-order chi connectivity index (χ0) is 9.14. The maximum Gasteiger partial charge on any atom is 0.144 e. The first-order chi connectivity index (χ1) is 5.66. The van der Waals surface area contributed by atoms with Gasteiger partial charge in [-0.1, -0.05) is 0 Å². The SMILES string of the molecule is NNCc1c(F)ccc(Br)c1F. The van der Waals surface area contributed by atoms with E-state index in [0.717, 1.165) is 0 Å². The van der Waals surface area contributed by atoms with Gasteiger partial charge in [-0.25, -0.2) is 8.78 Å². The second kappa shape index (κ2) is 3.93. The molecule has 5 heteroatoms. The summed E-state index contributed by atoms with van der Waals surface area (Å²) in [7, 11) is 0. The van der Waals surface area contributed by atoms with Crippen LogP contribution in [0, 0.1) is 11.6 Å². The number of hydrogen-bond donors (Lipinski definition) is 2. The minimum absolute atomic E-state index is 0.0306. The Morgan fingerprint density at radius 1 is 1.42 bits per heavy atom. The third-order valence-corrected chi connectivity index (χ3v) is 2.03. The molecule has 0 spiro atoms.